The summed E-state index contributed by atoms with van der Waals surface area (Å²) in [6.45, 7) is 3.37. The van der Waals surface area contributed by atoms with E-state index in [2.05, 4.69) is 38.1 Å². The van der Waals surface area contributed by atoms with Crippen LogP contribution in [0.1, 0.15) is 90.4 Å². The second-order valence-corrected chi connectivity index (χ2v) is 6.40. The van der Waals surface area contributed by atoms with Crippen molar-refractivity contribution in [2.24, 2.45) is 0 Å². The molecular formula is C19H39N. The lowest BCUT2D eigenvalue weighted by Gasteiger charge is -2.08. The minimum absolute atomic E-state index is 1.26. The average molecular weight is 282 g/mol. The van der Waals surface area contributed by atoms with Gasteiger partial charge in [-0.25, -0.2) is 0 Å². The average Bonchev–Trinajstić information content (AvgIpc) is 2.43. The molecule has 0 fully saturated rings. The molecule has 1 nitrogen and oxygen atoms in total. The molecule has 0 aromatic heterocycles. The molecule has 20 heavy (non-hydrogen) atoms. The fraction of sp³-hybridized carbons (Fsp3) is 0.895. The highest BCUT2D eigenvalue weighted by Gasteiger charge is 1.94. The third kappa shape index (κ3) is 17.7. The second kappa shape index (κ2) is 16.8. The largest absolute Gasteiger partial charge is 0.309 e. The van der Waals surface area contributed by atoms with E-state index < -0.39 is 0 Å². The van der Waals surface area contributed by atoms with Crippen molar-refractivity contribution >= 4 is 0 Å². The Balaban J connectivity index is 2.96. The quantitative estimate of drug-likeness (QED) is 0.255. The summed E-state index contributed by atoms with van der Waals surface area (Å²) in [7, 11) is 4.33. The number of hydrogen-bond acceptors (Lipinski definition) is 1. The Morgan fingerprint density at radius 2 is 1.00 bits per heavy atom. The first kappa shape index (κ1) is 19.7. The number of rotatable bonds is 15. The number of unbranched alkanes of at least 4 members (excludes halogenated alkanes) is 12. The van der Waals surface area contributed by atoms with Crippen molar-refractivity contribution in [1.82, 2.24) is 4.90 Å². The van der Waals surface area contributed by atoms with Gasteiger partial charge in [0.25, 0.3) is 0 Å². The van der Waals surface area contributed by atoms with Crippen molar-refractivity contribution < 1.29 is 0 Å². The van der Waals surface area contributed by atoms with Gasteiger partial charge in [0.1, 0.15) is 0 Å². The smallest absolute Gasteiger partial charge is 0.00248 e. The van der Waals surface area contributed by atoms with Gasteiger partial charge in [-0.2, -0.15) is 0 Å². The molecule has 0 rings (SSSR count). The van der Waals surface area contributed by atoms with Gasteiger partial charge in [-0.1, -0.05) is 76.4 Å². The molecule has 0 aliphatic heterocycles. The SMILES string of the molecule is C/C=C/CCCCCCCCCCCCCCN(C)C. The lowest BCUT2D eigenvalue weighted by Crippen LogP contribution is -2.12. The van der Waals surface area contributed by atoms with E-state index in [1.807, 2.05) is 0 Å². The third-order valence-electron chi connectivity index (χ3n) is 3.96. The maximum Gasteiger partial charge on any atom is -0.00248 e. The number of allylic oxidation sites excluding steroid dienone is 2. The Hall–Kier alpha value is -0.300. The predicted molar refractivity (Wildman–Crippen MR) is 93.4 cm³/mol. The molecule has 0 N–H and O–H groups in total. The first-order chi connectivity index (χ1) is 9.77. The van der Waals surface area contributed by atoms with E-state index in [0.717, 1.165) is 0 Å². The Bertz CT molecular complexity index is 196. The van der Waals surface area contributed by atoms with Crippen LogP contribution in [0.15, 0.2) is 12.2 Å². The first-order valence-corrected chi connectivity index (χ1v) is 9.03. The summed E-state index contributed by atoms with van der Waals surface area (Å²) in [6, 6.07) is 0. The van der Waals surface area contributed by atoms with Gasteiger partial charge < -0.3 is 4.90 Å². The lowest BCUT2D eigenvalue weighted by atomic mass is 10.0. The van der Waals surface area contributed by atoms with Gasteiger partial charge in [0.15, 0.2) is 0 Å². The van der Waals surface area contributed by atoms with E-state index in [4.69, 9.17) is 0 Å². The molecular weight excluding hydrogens is 242 g/mol. The molecule has 0 radical (unpaired) electrons. The normalized spacial score (nSPS) is 11.8. The second-order valence-electron chi connectivity index (χ2n) is 6.40. The fourth-order valence-corrected chi connectivity index (χ4v) is 2.62. The molecule has 0 atom stereocenters. The number of nitrogens with zero attached hydrogens (tertiary/aromatic N) is 1. The van der Waals surface area contributed by atoms with Crippen LogP contribution in [0, 0.1) is 0 Å². The van der Waals surface area contributed by atoms with Crippen LogP contribution in [-0.4, -0.2) is 25.5 Å². The van der Waals surface area contributed by atoms with E-state index in [0.29, 0.717) is 0 Å². The molecule has 0 aliphatic carbocycles. The van der Waals surface area contributed by atoms with Crippen LogP contribution < -0.4 is 0 Å². The summed E-state index contributed by atoms with van der Waals surface area (Å²) in [6.07, 6.45) is 23.0. The molecule has 0 spiro atoms. The molecule has 0 saturated heterocycles. The van der Waals surface area contributed by atoms with E-state index in [1.165, 1.54) is 90.0 Å². The maximum atomic E-state index is 2.29. The molecule has 0 aromatic rings. The van der Waals surface area contributed by atoms with Gasteiger partial charge in [0.05, 0.1) is 0 Å². The van der Waals surface area contributed by atoms with Crippen LogP contribution in [0.5, 0.6) is 0 Å². The summed E-state index contributed by atoms with van der Waals surface area (Å²) in [4.78, 5) is 2.29. The molecule has 0 unspecified atom stereocenters. The van der Waals surface area contributed by atoms with E-state index in [-0.39, 0.29) is 0 Å². The lowest BCUT2D eigenvalue weighted by molar-refractivity contribution is 0.389. The molecule has 120 valence electrons. The Labute approximate surface area is 128 Å². The van der Waals surface area contributed by atoms with Gasteiger partial charge in [-0.15, -0.1) is 0 Å². The Morgan fingerprint density at radius 1 is 0.600 bits per heavy atom. The van der Waals surface area contributed by atoms with Gasteiger partial charge in [-0.3, -0.25) is 0 Å². The summed E-state index contributed by atoms with van der Waals surface area (Å²) in [5.41, 5.74) is 0. The summed E-state index contributed by atoms with van der Waals surface area (Å²) < 4.78 is 0. The number of hydrogen-bond donors (Lipinski definition) is 0. The minimum atomic E-state index is 1.26. The van der Waals surface area contributed by atoms with Crippen molar-refractivity contribution in [3.8, 4) is 0 Å². The highest BCUT2D eigenvalue weighted by molar-refractivity contribution is 4.76. The Kier molecular flexibility index (Phi) is 16.5. The topological polar surface area (TPSA) is 3.24 Å². The molecule has 0 bridgehead atoms. The van der Waals surface area contributed by atoms with Crippen LogP contribution >= 0.6 is 0 Å². The highest BCUT2D eigenvalue weighted by Crippen LogP contribution is 2.12. The van der Waals surface area contributed by atoms with Gasteiger partial charge in [-0.05, 0) is 46.8 Å². The monoisotopic (exact) mass is 281 g/mol. The zero-order chi connectivity index (χ0) is 14.9. The van der Waals surface area contributed by atoms with Crippen molar-refractivity contribution in [3.05, 3.63) is 12.2 Å². The predicted octanol–water partition coefficient (Wildman–Crippen LogP) is 6.20. The molecule has 1 heteroatoms. The van der Waals surface area contributed by atoms with Crippen molar-refractivity contribution in [3.63, 3.8) is 0 Å². The van der Waals surface area contributed by atoms with Crippen molar-refractivity contribution in [2.75, 3.05) is 20.6 Å². The zero-order valence-corrected chi connectivity index (χ0v) is 14.5. The van der Waals surface area contributed by atoms with Crippen molar-refractivity contribution in [1.29, 1.82) is 0 Å². The summed E-state index contributed by atoms with van der Waals surface area (Å²) >= 11 is 0. The molecule has 0 saturated carbocycles. The van der Waals surface area contributed by atoms with Gasteiger partial charge in [0.2, 0.25) is 0 Å². The van der Waals surface area contributed by atoms with Crippen LogP contribution in [0.3, 0.4) is 0 Å². The first-order valence-electron chi connectivity index (χ1n) is 9.03. The van der Waals surface area contributed by atoms with Gasteiger partial charge in [0, 0.05) is 0 Å². The van der Waals surface area contributed by atoms with Crippen LogP contribution in [0.25, 0.3) is 0 Å². The molecule has 0 heterocycles. The van der Waals surface area contributed by atoms with Crippen LogP contribution in [0.4, 0.5) is 0 Å². The molecule has 0 amide bonds. The van der Waals surface area contributed by atoms with E-state index in [9.17, 15) is 0 Å². The van der Waals surface area contributed by atoms with E-state index >= 15 is 0 Å². The minimum Gasteiger partial charge on any atom is -0.309 e. The summed E-state index contributed by atoms with van der Waals surface area (Å²) in [5.74, 6) is 0. The standard InChI is InChI=1S/C19H39N/c1-4-5-6-7-8-9-10-11-12-13-14-15-16-17-18-19-20(2)3/h4-5H,6-19H2,1-3H3/b5-4+. The molecule has 0 aliphatic rings. The highest BCUT2D eigenvalue weighted by atomic mass is 15.0. The van der Waals surface area contributed by atoms with Crippen molar-refractivity contribution in [2.45, 2.75) is 90.4 Å². The van der Waals surface area contributed by atoms with Crippen LogP contribution in [0.2, 0.25) is 0 Å². The summed E-state index contributed by atoms with van der Waals surface area (Å²) in [5, 5.41) is 0. The fourth-order valence-electron chi connectivity index (χ4n) is 2.62. The zero-order valence-electron chi connectivity index (χ0n) is 14.5. The maximum absolute atomic E-state index is 2.29. The van der Waals surface area contributed by atoms with Crippen LogP contribution in [-0.2, 0) is 0 Å². The Morgan fingerprint density at radius 3 is 1.40 bits per heavy atom. The van der Waals surface area contributed by atoms with E-state index in [1.54, 1.807) is 0 Å². The van der Waals surface area contributed by atoms with Gasteiger partial charge >= 0.3 is 0 Å². The third-order valence-corrected chi connectivity index (χ3v) is 3.96. The molecule has 0 aromatic carbocycles.